The Labute approximate surface area is 90.8 Å². The second kappa shape index (κ2) is 4.89. The zero-order valence-electron chi connectivity index (χ0n) is 9.72. The zero-order valence-corrected chi connectivity index (χ0v) is 10.5. The van der Waals surface area contributed by atoms with E-state index in [4.69, 9.17) is 0 Å². The van der Waals surface area contributed by atoms with Gasteiger partial charge in [0.05, 0.1) is 10.7 Å². The van der Waals surface area contributed by atoms with Crippen molar-refractivity contribution >= 4 is 11.3 Å². The van der Waals surface area contributed by atoms with Gasteiger partial charge in [-0.2, -0.15) is 0 Å². The highest BCUT2D eigenvalue weighted by Crippen LogP contribution is 2.24. The summed E-state index contributed by atoms with van der Waals surface area (Å²) in [6.45, 7) is 10.8. The molecule has 0 aliphatic heterocycles. The molecule has 0 saturated heterocycles. The first kappa shape index (κ1) is 11.7. The van der Waals surface area contributed by atoms with Crippen LogP contribution in [-0.2, 0) is 0 Å². The van der Waals surface area contributed by atoms with Gasteiger partial charge in [0.25, 0.3) is 0 Å². The Morgan fingerprint density at radius 2 is 2.00 bits per heavy atom. The molecule has 2 atom stereocenters. The Morgan fingerprint density at radius 1 is 1.36 bits per heavy atom. The highest BCUT2D eigenvalue weighted by molar-refractivity contribution is 7.11. The van der Waals surface area contributed by atoms with Crippen molar-refractivity contribution in [3.63, 3.8) is 0 Å². The molecule has 1 N–H and O–H groups in total. The van der Waals surface area contributed by atoms with Crippen LogP contribution in [0, 0.1) is 13.8 Å². The maximum absolute atomic E-state index is 4.44. The lowest BCUT2D eigenvalue weighted by Gasteiger charge is -2.17. The monoisotopic (exact) mass is 212 g/mol. The Balaban J connectivity index is 2.69. The van der Waals surface area contributed by atoms with Gasteiger partial charge in [0.15, 0.2) is 0 Å². The molecule has 0 fully saturated rings. The van der Waals surface area contributed by atoms with Crippen LogP contribution in [0.4, 0.5) is 0 Å². The van der Waals surface area contributed by atoms with E-state index in [0.717, 1.165) is 5.01 Å². The third-order valence-electron chi connectivity index (χ3n) is 2.48. The summed E-state index contributed by atoms with van der Waals surface area (Å²) < 4.78 is 0. The van der Waals surface area contributed by atoms with Crippen LogP contribution in [0.15, 0.2) is 0 Å². The maximum atomic E-state index is 4.44. The summed E-state index contributed by atoms with van der Waals surface area (Å²) in [5.74, 6) is 0. The summed E-state index contributed by atoms with van der Waals surface area (Å²) in [6.07, 6.45) is 1.17. The standard InChI is InChI=1S/C11H20N2S/c1-6-7(2)12-8(3)11-9(4)13-10(5)14-11/h7-8,12H,6H2,1-5H3. The maximum Gasteiger partial charge on any atom is 0.0900 e. The summed E-state index contributed by atoms with van der Waals surface area (Å²) in [5.41, 5.74) is 1.18. The topological polar surface area (TPSA) is 24.9 Å². The summed E-state index contributed by atoms with van der Waals surface area (Å²) in [7, 11) is 0. The minimum atomic E-state index is 0.427. The number of aryl methyl sites for hydroxylation is 2. The number of nitrogens with one attached hydrogen (secondary N) is 1. The Morgan fingerprint density at radius 3 is 2.43 bits per heavy atom. The summed E-state index contributed by atoms with van der Waals surface area (Å²) in [4.78, 5) is 5.82. The predicted octanol–water partition coefficient (Wildman–Crippen LogP) is 3.21. The van der Waals surface area contributed by atoms with Crippen molar-refractivity contribution in [1.29, 1.82) is 0 Å². The smallest absolute Gasteiger partial charge is 0.0900 e. The van der Waals surface area contributed by atoms with Gasteiger partial charge in [-0.1, -0.05) is 6.92 Å². The van der Waals surface area contributed by atoms with Crippen molar-refractivity contribution in [2.45, 2.75) is 53.1 Å². The molecule has 3 heteroatoms. The van der Waals surface area contributed by atoms with Gasteiger partial charge in [0.1, 0.15) is 0 Å². The highest BCUT2D eigenvalue weighted by atomic mass is 32.1. The molecule has 0 aliphatic rings. The number of nitrogens with zero attached hydrogens (tertiary/aromatic N) is 1. The van der Waals surface area contributed by atoms with E-state index < -0.39 is 0 Å². The second-order valence-corrected chi connectivity index (χ2v) is 5.11. The van der Waals surface area contributed by atoms with Gasteiger partial charge < -0.3 is 5.32 Å². The van der Waals surface area contributed by atoms with Crippen LogP contribution in [0.5, 0.6) is 0 Å². The molecular formula is C11H20N2S. The van der Waals surface area contributed by atoms with Gasteiger partial charge in [-0.05, 0) is 34.1 Å². The van der Waals surface area contributed by atoms with Crippen LogP contribution in [0.25, 0.3) is 0 Å². The van der Waals surface area contributed by atoms with Crippen LogP contribution < -0.4 is 5.32 Å². The van der Waals surface area contributed by atoms with Crippen LogP contribution in [0.1, 0.15) is 48.8 Å². The lowest BCUT2D eigenvalue weighted by molar-refractivity contribution is 0.472. The van der Waals surface area contributed by atoms with Crippen molar-refractivity contribution < 1.29 is 0 Å². The summed E-state index contributed by atoms with van der Waals surface area (Å²) >= 11 is 1.80. The van der Waals surface area contributed by atoms with Crippen molar-refractivity contribution in [1.82, 2.24) is 10.3 Å². The predicted molar refractivity (Wildman–Crippen MR) is 62.9 cm³/mol. The number of aromatic nitrogens is 1. The first-order chi connectivity index (χ1) is 6.54. The van der Waals surface area contributed by atoms with E-state index in [0.29, 0.717) is 12.1 Å². The summed E-state index contributed by atoms with van der Waals surface area (Å²) in [5, 5.41) is 4.73. The van der Waals surface area contributed by atoms with E-state index in [2.05, 4.69) is 44.9 Å². The van der Waals surface area contributed by atoms with E-state index in [9.17, 15) is 0 Å². The van der Waals surface area contributed by atoms with Crippen molar-refractivity contribution in [3.05, 3.63) is 15.6 Å². The molecule has 0 aromatic carbocycles. The molecule has 0 saturated carbocycles. The molecule has 0 aliphatic carbocycles. The fourth-order valence-electron chi connectivity index (χ4n) is 1.57. The molecule has 80 valence electrons. The fraction of sp³-hybridized carbons (Fsp3) is 0.727. The first-order valence-corrected chi connectivity index (χ1v) is 6.06. The number of hydrogen-bond donors (Lipinski definition) is 1. The van der Waals surface area contributed by atoms with Gasteiger partial charge >= 0.3 is 0 Å². The van der Waals surface area contributed by atoms with Gasteiger partial charge in [0.2, 0.25) is 0 Å². The van der Waals surface area contributed by atoms with E-state index >= 15 is 0 Å². The Hall–Kier alpha value is -0.410. The third kappa shape index (κ3) is 2.79. The molecule has 0 amide bonds. The normalized spacial score (nSPS) is 15.5. The average Bonchev–Trinajstić information content (AvgIpc) is 2.45. The van der Waals surface area contributed by atoms with Crippen molar-refractivity contribution in [2.24, 2.45) is 0 Å². The summed E-state index contributed by atoms with van der Waals surface area (Å²) in [6, 6.07) is 1.00. The molecule has 0 bridgehead atoms. The molecule has 1 heterocycles. The molecule has 1 aromatic heterocycles. The molecule has 0 radical (unpaired) electrons. The zero-order chi connectivity index (χ0) is 10.7. The Kier molecular flexibility index (Phi) is 4.08. The van der Waals surface area contributed by atoms with Gasteiger partial charge in [-0.15, -0.1) is 11.3 Å². The largest absolute Gasteiger partial charge is 0.307 e. The van der Waals surface area contributed by atoms with Gasteiger partial charge in [-0.3, -0.25) is 0 Å². The van der Waals surface area contributed by atoms with E-state index in [1.807, 2.05) is 0 Å². The SMILES string of the molecule is CCC(C)NC(C)c1sc(C)nc1C. The highest BCUT2D eigenvalue weighted by Gasteiger charge is 2.13. The number of thiazole rings is 1. The average molecular weight is 212 g/mol. The molecule has 14 heavy (non-hydrogen) atoms. The molecular weight excluding hydrogens is 192 g/mol. The molecule has 0 spiro atoms. The molecule has 2 unspecified atom stereocenters. The quantitative estimate of drug-likeness (QED) is 0.829. The third-order valence-corrected chi connectivity index (χ3v) is 3.74. The lowest BCUT2D eigenvalue weighted by Crippen LogP contribution is -2.28. The van der Waals surface area contributed by atoms with Crippen molar-refractivity contribution in [2.75, 3.05) is 0 Å². The minimum Gasteiger partial charge on any atom is -0.307 e. The first-order valence-electron chi connectivity index (χ1n) is 5.24. The van der Waals surface area contributed by atoms with E-state index in [-0.39, 0.29) is 0 Å². The number of hydrogen-bond acceptors (Lipinski definition) is 3. The molecule has 1 rings (SSSR count). The Bertz CT molecular complexity index is 293. The second-order valence-electron chi connectivity index (χ2n) is 3.88. The molecule has 2 nitrogen and oxygen atoms in total. The van der Waals surface area contributed by atoms with Crippen LogP contribution >= 0.6 is 11.3 Å². The molecule has 1 aromatic rings. The van der Waals surface area contributed by atoms with Gasteiger partial charge in [0, 0.05) is 17.0 Å². The lowest BCUT2D eigenvalue weighted by atomic mass is 10.2. The van der Waals surface area contributed by atoms with E-state index in [1.165, 1.54) is 17.0 Å². The van der Waals surface area contributed by atoms with Crippen LogP contribution in [0.2, 0.25) is 0 Å². The number of rotatable bonds is 4. The fourth-order valence-corrected chi connectivity index (χ4v) is 2.51. The van der Waals surface area contributed by atoms with Crippen molar-refractivity contribution in [3.8, 4) is 0 Å². The van der Waals surface area contributed by atoms with Crippen LogP contribution in [0.3, 0.4) is 0 Å². The minimum absolute atomic E-state index is 0.427. The van der Waals surface area contributed by atoms with Crippen LogP contribution in [-0.4, -0.2) is 11.0 Å². The van der Waals surface area contributed by atoms with Gasteiger partial charge in [-0.25, -0.2) is 4.98 Å². The van der Waals surface area contributed by atoms with E-state index in [1.54, 1.807) is 11.3 Å².